The smallest absolute Gasteiger partial charge is 0.186 e. The van der Waals surface area contributed by atoms with Gasteiger partial charge in [-0.3, -0.25) is 0 Å². The molecule has 0 radical (unpaired) electrons. The first-order valence-electron chi connectivity index (χ1n) is 56.9. The summed E-state index contributed by atoms with van der Waals surface area (Å²) in [4.78, 5) is 0. The number of rotatable bonds is 61. The summed E-state index contributed by atoms with van der Waals surface area (Å²) in [5.41, 5.74) is -3.62. The van der Waals surface area contributed by atoms with E-state index in [0.717, 1.165) is 51.4 Å². The first-order chi connectivity index (χ1) is 70.0. The van der Waals surface area contributed by atoms with Gasteiger partial charge < -0.3 is 190 Å². The van der Waals surface area contributed by atoms with E-state index in [1.54, 1.807) is 0 Å². The molecule has 10 aliphatic rings. The quantitative estimate of drug-likeness (QED) is 0.0282. The van der Waals surface area contributed by atoms with Gasteiger partial charge >= 0.3 is 0 Å². The lowest BCUT2D eigenvalue weighted by molar-refractivity contribution is -0.380. The van der Waals surface area contributed by atoms with Crippen LogP contribution in [0.5, 0.6) is 0 Å². The van der Waals surface area contributed by atoms with Gasteiger partial charge in [0.05, 0.1) is 183 Å². The maximum atomic E-state index is 12.5. The van der Waals surface area contributed by atoms with E-state index < -0.39 is 306 Å². The molecule has 0 aromatic rings. The Labute approximate surface area is 877 Å². The number of ether oxygens (including phenoxy) is 12. The van der Waals surface area contributed by atoms with Gasteiger partial charge in [0.25, 0.3) is 0 Å². The standard InChI is InChI=1S/C110H198O38/c1-11-13-15-17-18-19-20-21-22-23-25-30-79(118)80(119)51-77-46-72(116)59-109(146-77)39-40-110(148-109)65(7)35-37-74(147-110)45-71(115)47-81(120)90-55-84(123)95(129)98(132)93(141-90)56-85(124)102-97(131)83(122)50-76(139-102)44-68(112)36-38-75-49-86(125)103(136)107(9,144-75)57-73(117)58-108(10)104(143-105-100(134)96(130)88(127)60-137-105)87(126)52-78(145-108)53-91-92(142-106-101(135)99(133)94(128)66(8)138-106)54-82(121)89(140-91)48-67(111)29-26-28-63(5)41-69(113)43-70(114)42-64(6)34-33-62(4)32-31-61(3)27-24-16-14-12-2/h11-12,61-106,111-136H,1-2,13-60H2,3-10H3/t61?,62?,63?,64?,65-,66-,67?,68?,69?,70?,71?,72+,73+,74+,75+,76+,77+,78-,79?,80?,81?,82+,83+,84-,85+,86-,87+,88-,89-,90-,91-,92-,93+,94-,95+,96+,97+,98+,99+,100-,101+,102+,103-,104+,105+,106+,107-,108+,109-,110+/m1/s1. The van der Waals surface area contributed by atoms with Crippen molar-refractivity contribution in [3.63, 3.8) is 0 Å². The van der Waals surface area contributed by atoms with Crippen molar-refractivity contribution in [2.75, 3.05) is 6.61 Å². The minimum atomic E-state index is -1.89. The Kier molecular flexibility index (Phi) is 52.6. The average molecular weight is 2130 g/mol. The molecule has 0 saturated carbocycles. The highest BCUT2D eigenvalue weighted by Crippen LogP contribution is 2.54. The Morgan fingerprint density at radius 2 is 0.953 bits per heavy atom. The van der Waals surface area contributed by atoms with E-state index >= 15 is 0 Å². The zero-order chi connectivity index (χ0) is 108. The van der Waals surface area contributed by atoms with Crippen LogP contribution in [-0.4, -0.2) is 413 Å². The number of hydrogen-bond acceptors (Lipinski definition) is 38. The Morgan fingerprint density at radius 3 is 1.64 bits per heavy atom. The summed E-state index contributed by atoms with van der Waals surface area (Å²) in [5.74, 6) is -0.933. The molecule has 866 valence electrons. The molecule has 10 heterocycles. The van der Waals surface area contributed by atoms with E-state index in [4.69, 9.17) is 56.8 Å². The second-order valence-electron chi connectivity index (χ2n) is 47.9. The van der Waals surface area contributed by atoms with Gasteiger partial charge in [-0.25, -0.2) is 0 Å². The van der Waals surface area contributed by atoms with Gasteiger partial charge in [0.15, 0.2) is 24.2 Å². The first-order valence-corrected chi connectivity index (χ1v) is 56.9. The van der Waals surface area contributed by atoms with Crippen LogP contribution in [0.25, 0.3) is 0 Å². The Morgan fingerprint density at radius 1 is 0.378 bits per heavy atom. The largest absolute Gasteiger partial charge is 0.393 e. The van der Waals surface area contributed by atoms with Crippen molar-refractivity contribution in [1.82, 2.24) is 0 Å². The average Bonchev–Trinajstić information content (AvgIpc) is 1.56. The molecule has 10 fully saturated rings. The first kappa shape index (κ1) is 128. The Balaban J connectivity index is 0.708. The van der Waals surface area contributed by atoms with E-state index in [1.165, 1.54) is 85.0 Å². The third-order valence-corrected chi connectivity index (χ3v) is 34.2. The molecule has 0 amide bonds. The van der Waals surface area contributed by atoms with Gasteiger partial charge in [0.2, 0.25) is 0 Å². The highest BCUT2D eigenvalue weighted by molar-refractivity contribution is 5.06. The van der Waals surface area contributed by atoms with Crippen LogP contribution < -0.4 is 0 Å². The number of aliphatic hydroxyl groups excluding tert-OH is 26. The summed E-state index contributed by atoms with van der Waals surface area (Å²) in [7, 11) is 0. The Hall–Kier alpha value is -2.04. The summed E-state index contributed by atoms with van der Waals surface area (Å²) < 4.78 is 77.0. The molecule has 50 atom stereocenters. The van der Waals surface area contributed by atoms with Crippen LogP contribution in [0, 0.1) is 29.6 Å². The molecule has 148 heavy (non-hydrogen) atoms. The SMILES string of the molecule is C=CCCCCCCCCCCCC(O)C(O)C[C@@H]1C[C@H](O)C[C@]2(CC[C@]3(O[C@H](CC(O)CC(O)[C@H]4C[C@@H](O)[C@H](O)[C@@H](O)[C@H](C[C@H](O)[C@@H]5O[C@@H](CC(O)CC[C@H]6C[C@@H](O)[C@@H](O)[C@@](C)(C[C@H](O)C[C@]7(C)O[C@@H](C[C@H]8O[C@H](CC(O)CCCC(C)CC(O)CC(O)CC(C)CCC(C)CCC(C)CCCCC=C)[C@@H](O)C[C@H]8O[C@@H]8O[C@H](C)[C@@H](O)[C@H](O)[C@@H]8O)C[C@H](O)[C@@H]7O[C@@H]7OC[C@@H](O)[C@H](O)[C@H]7O)O6)C[C@H](O)[C@@H]5O)O4)CC[C@H]3C)O2)O1. The van der Waals surface area contributed by atoms with Gasteiger partial charge in [0, 0.05) is 102 Å². The number of allylic oxidation sites excluding steroid dienone is 2. The third kappa shape index (κ3) is 38.1. The fourth-order valence-electron chi connectivity index (χ4n) is 25.2. The lowest BCUT2D eigenvalue weighted by Crippen LogP contribution is -2.64. The highest BCUT2D eigenvalue weighted by Gasteiger charge is 2.61. The van der Waals surface area contributed by atoms with Crippen LogP contribution in [0.2, 0.25) is 0 Å². The predicted octanol–water partition coefficient (Wildman–Crippen LogP) is 4.97. The Bertz CT molecular complexity index is 3690. The van der Waals surface area contributed by atoms with E-state index in [-0.39, 0.29) is 115 Å². The molecule has 10 saturated heterocycles. The number of unbranched alkanes of at least 4 members (excludes halogenated alkanes) is 11. The second-order valence-corrected chi connectivity index (χ2v) is 47.9. The van der Waals surface area contributed by atoms with Crippen molar-refractivity contribution in [3.8, 4) is 0 Å². The molecule has 0 aromatic carbocycles. The topological polar surface area (TPSA) is 637 Å². The summed E-state index contributed by atoms with van der Waals surface area (Å²) in [6, 6.07) is 0. The van der Waals surface area contributed by atoms with Crippen molar-refractivity contribution in [2.24, 2.45) is 29.6 Å². The summed E-state index contributed by atoms with van der Waals surface area (Å²) in [6.07, 6.45) is -29.1. The maximum absolute atomic E-state index is 12.5. The molecule has 0 aliphatic carbocycles. The fraction of sp³-hybridized carbons (Fsp3) is 0.964. The normalized spacial score (nSPS) is 41.1. The molecular weight excluding hydrogens is 1930 g/mol. The minimum absolute atomic E-state index is 0.0165. The molecule has 26 N–H and O–H groups in total. The third-order valence-electron chi connectivity index (χ3n) is 34.2. The van der Waals surface area contributed by atoms with E-state index in [0.29, 0.717) is 75.5 Å². The zero-order valence-electron chi connectivity index (χ0n) is 89.6. The second kappa shape index (κ2) is 61.0. The van der Waals surface area contributed by atoms with E-state index in [1.807, 2.05) is 26.0 Å². The lowest BCUT2D eigenvalue weighted by atomic mass is 9.78. The molecule has 12 unspecified atom stereocenters. The molecule has 0 aromatic heterocycles. The van der Waals surface area contributed by atoms with Gasteiger partial charge in [-0.1, -0.05) is 150 Å². The molecule has 2 spiro atoms. The van der Waals surface area contributed by atoms with Crippen molar-refractivity contribution < 1.29 is 190 Å². The zero-order valence-corrected chi connectivity index (χ0v) is 89.6. The van der Waals surface area contributed by atoms with Crippen molar-refractivity contribution in [3.05, 3.63) is 25.3 Å². The molecule has 38 nitrogen and oxygen atoms in total. The summed E-state index contributed by atoms with van der Waals surface area (Å²) in [5, 5.41) is 297. The molecule has 10 rings (SSSR count). The minimum Gasteiger partial charge on any atom is -0.393 e. The lowest BCUT2D eigenvalue weighted by Gasteiger charge is -2.51. The van der Waals surface area contributed by atoms with E-state index in [9.17, 15) is 133 Å². The highest BCUT2D eigenvalue weighted by atomic mass is 16.8. The van der Waals surface area contributed by atoms with Gasteiger partial charge in [0.1, 0.15) is 73.2 Å². The fourth-order valence-corrected chi connectivity index (χ4v) is 25.2. The van der Waals surface area contributed by atoms with Crippen LogP contribution in [0.15, 0.2) is 25.3 Å². The summed E-state index contributed by atoms with van der Waals surface area (Å²) in [6.45, 7) is 22.3. The predicted molar refractivity (Wildman–Crippen MR) is 542 cm³/mol. The van der Waals surface area contributed by atoms with Crippen LogP contribution >= 0.6 is 0 Å². The monoisotopic (exact) mass is 2130 g/mol. The van der Waals surface area contributed by atoms with Crippen molar-refractivity contribution >= 4 is 0 Å². The van der Waals surface area contributed by atoms with Crippen LogP contribution in [0.4, 0.5) is 0 Å². The summed E-state index contributed by atoms with van der Waals surface area (Å²) >= 11 is 0. The molecule has 38 heteroatoms. The van der Waals surface area contributed by atoms with Gasteiger partial charge in [-0.15, -0.1) is 13.2 Å². The maximum Gasteiger partial charge on any atom is 0.186 e. The van der Waals surface area contributed by atoms with Gasteiger partial charge in [-0.05, 0) is 147 Å². The number of hydrogen-bond donors (Lipinski definition) is 26. The number of aliphatic hydroxyl groups is 26. The van der Waals surface area contributed by atoms with Crippen LogP contribution in [0.3, 0.4) is 0 Å². The molecule has 10 aliphatic heterocycles. The molecule has 0 bridgehead atoms. The van der Waals surface area contributed by atoms with Crippen molar-refractivity contribution in [2.45, 2.75) is 631 Å². The van der Waals surface area contributed by atoms with Crippen molar-refractivity contribution in [1.29, 1.82) is 0 Å². The van der Waals surface area contributed by atoms with Gasteiger partial charge in [-0.2, -0.15) is 0 Å². The van der Waals surface area contributed by atoms with Crippen LogP contribution in [-0.2, 0) is 56.8 Å². The molecular formula is C110H198O38. The van der Waals surface area contributed by atoms with Crippen LogP contribution in [0.1, 0.15) is 357 Å². The van der Waals surface area contributed by atoms with E-state index in [2.05, 4.69) is 33.9 Å².